The smallest absolute Gasteiger partial charge is 0.259 e. The summed E-state index contributed by atoms with van der Waals surface area (Å²) in [6, 6.07) is 1.47. The number of rotatable bonds is 2. The van der Waals surface area contributed by atoms with Crippen molar-refractivity contribution < 1.29 is 9.53 Å². The molecular formula is C17H19ClN4O3. The summed E-state index contributed by atoms with van der Waals surface area (Å²) in [4.78, 5) is 27.6. The van der Waals surface area contributed by atoms with Gasteiger partial charge >= 0.3 is 0 Å². The Balaban J connectivity index is 1.75. The quantitative estimate of drug-likeness (QED) is 0.815. The molecular weight excluding hydrogens is 344 g/mol. The number of amides is 1. The van der Waals surface area contributed by atoms with E-state index >= 15 is 0 Å². The Morgan fingerprint density at radius 3 is 2.96 bits per heavy atom. The highest BCUT2D eigenvalue weighted by Gasteiger charge is 2.43. The summed E-state index contributed by atoms with van der Waals surface area (Å²) in [7, 11) is 0. The lowest BCUT2D eigenvalue weighted by Gasteiger charge is -2.23. The third kappa shape index (κ3) is 2.71. The largest absolute Gasteiger partial charge is 0.373 e. The molecule has 2 aliphatic rings. The van der Waals surface area contributed by atoms with E-state index in [-0.39, 0.29) is 27.7 Å². The summed E-state index contributed by atoms with van der Waals surface area (Å²) >= 11 is 5.89. The molecule has 4 rings (SSSR count). The molecule has 0 saturated carbocycles. The lowest BCUT2D eigenvalue weighted by molar-refractivity contribution is 0.0126. The molecule has 1 amide bonds. The fourth-order valence-corrected chi connectivity index (χ4v) is 3.97. The maximum atomic E-state index is 13.0. The minimum Gasteiger partial charge on any atom is -0.373 e. The average Bonchev–Trinajstić information content (AvgIpc) is 3.25. The van der Waals surface area contributed by atoms with E-state index in [2.05, 4.69) is 10.2 Å². The second-order valence-electron chi connectivity index (χ2n) is 6.67. The fraction of sp³-hybridized carbons (Fsp3) is 0.529. The molecule has 8 heteroatoms. The van der Waals surface area contributed by atoms with Gasteiger partial charge in [0.1, 0.15) is 5.56 Å². The Morgan fingerprint density at radius 2 is 2.24 bits per heavy atom. The van der Waals surface area contributed by atoms with Crippen molar-refractivity contribution in [3.05, 3.63) is 33.2 Å². The summed E-state index contributed by atoms with van der Waals surface area (Å²) in [6.07, 6.45) is 4.40. The summed E-state index contributed by atoms with van der Waals surface area (Å²) in [5, 5.41) is 8.26. The van der Waals surface area contributed by atoms with Crippen molar-refractivity contribution in [3.63, 3.8) is 0 Å². The summed E-state index contributed by atoms with van der Waals surface area (Å²) in [5.74, 6) is -0.255. The highest BCUT2D eigenvalue weighted by atomic mass is 35.5. The zero-order valence-electron chi connectivity index (χ0n) is 14.0. The van der Waals surface area contributed by atoms with Gasteiger partial charge in [-0.15, -0.1) is 10.2 Å². The Hall–Kier alpha value is -1.99. The molecule has 2 saturated heterocycles. The summed E-state index contributed by atoms with van der Waals surface area (Å²) in [5.41, 5.74) is 0.0131. The van der Waals surface area contributed by atoms with E-state index < -0.39 is 0 Å². The number of ether oxygens (including phenoxy) is 1. The summed E-state index contributed by atoms with van der Waals surface area (Å²) in [6.45, 7) is 4.40. The van der Waals surface area contributed by atoms with Crippen molar-refractivity contribution in [2.75, 3.05) is 19.7 Å². The van der Waals surface area contributed by atoms with Crippen LogP contribution >= 0.6 is 11.6 Å². The monoisotopic (exact) mass is 362 g/mol. The molecule has 1 spiro atoms. The highest BCUT2D eigenvalue weighted by molar-refractivity contribution is 6.29. The van der Waals surface area contributed by atoms with E-state index in [0.717, 1.165) is 25.9 Å². The number of hydrogen-bond acceptors (Lipinski definition) is 5. The minimum absolute atomic E-state index is 0.135. The van der Waals surface area contributed by atoms with Crippen molar-refractivity contribution in [1.29, 1.82) is 0 Å². The van der Waals surface area contributed by atoms with Crippen LogP contribution in [0.3, 0.4) is 0 Å². The van der Waals surface area contributed by atoms with Gasteiger partial charge < -0.3 is 14.2 Å². The third-order valence-corrected chi connectivity index (χ3v) is 5.34. The normalized spacial score (nSPS) is 23.0. The van der Waals surface area contributed by atoms with Gasteiger partial charge in [-0.1, -0.05) is 11.6 Å². The predicted molar refractivity (Wildman–Crippen MR) is 92.9 cm³/mol. The van der Waals surface area contributed by atoms with E-state index in [1.54, 1.807) is 15.7 Å². The number of aryl methyl sites for hydroxylation is 1. The number of nitrogens with zero attached hydrogens (tertiary/aromatic N) is 4. The zero-order chi connectivity index (χ0) is 17.6. The molecule has 2 aromatic rings. The van der Waals surface area contributed by atoms with Crippen LogP contribution in [0.1, 0.15) is 36.5 Å². The Kier molecular flexibility index (Phi) is 4.00. The molecule has 1 atom stereocenters. The van der Waals surface area contributed by atoms with Crippen molar-refractivity contribution in [2.45, 2.75) is 38.3 Å². The Morgan fingerprint density at radius 1 is 1.40 bits per heavy atom. The van der Waals surface area contributed by atoms with Crippen LogP contribution in [0, 0.1) is 0 Å². The summed E-state index contributed by atoms with van der Waals surface area (Å²) < 4.78 is 7.62. The molecule has 132 valence electrons. The molecule has 2 aromatic heterocycles. The standard InChI is InChI=1S/C17H19ClN4O3/c1-2-21-9-12(14(23)11-8-13(18)19-20-15(11)21)16(24)22-6-5-17(10-22)4-3-7-25-17/h8-9H,2-7,10H2,1H3. The van der Waals surface area contributed by atoms with Crippen molar-refractivity contribution in [1.82, 2.24) is 19.7 Å². The number of carbonyl (C=O) groups is 1. The lowest BCUT2D eigenvalue weighted by Crippen LogP contribution is -2.37. The first-order valence-corrected chi connectivity index (χ1v) is 8.90. The zero-order valence-corrected chi connectivity index (χ0v) is 14.8. The molecule has 25 heavy (non-hydrogen) atoms. The molecule has 7 nitrogen and oxygen atoms in total. The van der Waals surface area contributed by atoms with Gasteiger partial charge in [-0.3, -0.25) is 9.59 Å². The van der Waals surface area contributed by atoms with Gasteiger partial charge in [-0.05, 0) is 32.3 Å². The molecule has 0 aromatic carbocycles. The molecule has 0 radical (unpaired) electrons. The number of halogens is 1. The van der Waals surface area contributed by atoms with E-state index in [0.29, 0.717) is 30.7 Å². The number of likely N-dealkylation sites (tertiary alicyclic amines) is 1. The first-order chi connectivity index (χ1) is 12.0. The second-order valence-corrected chi connectivity index (χ2v) is 7.06. The maximum Gasteiger partial charge on any atom is 0.259 e. The van der Waals surface area contributed by atoms with Crippen molar-refractivity contribution in [3.8, 4) is 0 Å². The van der Waals surface area contributed by atoms with Crippen LogP contribution in [0.4, 0.5) is 0 Å². The van der Waals surface area contributed by atoms with Gasteiger partial charge in [0.25, 0.3) is 5.91 Å². The van der Waals surface area contributed by atoms with Crippen LogP contribution < -0.4 is 5.43 Å². The number of aromatic nitrogens is 3. The molecule has 0 N–H and O–H groups in total. The molecule has 2 fully saturated rings. The van der Waals surface area contributed by atoms with Crippen LogP contribution in [0.15, 0.2) is 17.1 Å². The van der Waals surface area contributed by atoms with Crippen LogP contribution in [0.5, 0.6) is 0 Å². The first-order valence-electron chi connectivity index (χ1n) is 8.53. The predicted octanol–water partition coefficient (Wildman–Crippen LogP) is 1.86. The molecule has 1 unspecified atom stereocenters. The van der Waals surface area contributed by atoms with Crippen LogP contribution in [0.25, 0.3) is 11.0 Å². The molecule has 0 bridgehead atoms. The minimum atomic E-state index is -0.352. The highest BCUT2D eigenvalue weighted by Crippen LogP contribution is 2.35. The number of hydrogen-bond donors (Lipinski definition) is 0. The average molecular weight is 363 g/mol. The van der Waals surface area contributed by atoms with Gasteiger partial charge in [0.05, 0.1) is 17.5 Å². The molecule has 4 heterocycles. The fourth-order valence-electron chi connectivity index (χ4n) is 3.82. The van der Waals surface area contributed by atoms with Gasteiger partial charge in [0.15, 0.2) is 10.8 Å². The van der Waals surface area contributed by atoms with Gasteiger partial charge in [-0.25, -0.2) is 0 Å². The van der Waals surface area contributed by atoms with E-state index in [9.17, 15) is 9.59 Å². The SMILES string of the molecule is CCn1cc(C(=O)N2CCC3(CCCO3)C2)c(=O)c2cc(Cl)nnc21. The van der Waals surface area contributed by atoms with E-state index in [1.807, 2.05) is 6.92 Å². The lowest BCUT2D eigenvalue weighted by atomic mass is 10.00. The van der Waals surface area contributed by atoms with Crippen LogP contribution in [-0.2, 0) is 11.3 Å². The van der Waals surface area contributed by atoms with E-state index in [4.69, 9.17) is 16.3 Å². The Bertz CT molecular complexity index is 905. The van der Waals surface area contributed by atoms with Crippen molar-refractivity contribution in [2.24, 2.45) is 0 Å². The first kappa shape index (κ1) is 16.5. The van der Waals surface area contributed by atoms with Crippen LogP contribution in [-0.4, -0.2) is 50.9 Å². The van der Waals surface area contributed by atoms with Gasteiger partial charge in [0, 0.05) is 25.9 Å². The molecule has 0 aliphatic carbocycles. The van der Waals surface area contributed by atoms with Gasteiger partial charge in [-0.2, -0.15) is 0 Å². The van der Waals surface area contributed by atoms with Gasteiger partial charge in [0.2, 0.25) is 5.43 Å². The number of fused-ring (bicyclic) bond motifs is 1. The van der Waals surface area contributed by atoms with Crippen molar-refractivity contribution >= 4 is 28.5 Å². The number of carbonyl (C=O) groups excluding carboxylic acids is 1. The third-order valence-electron chi connectivity index (χ3n) is 5.15. The second kappa shape index (κ2) is 6.07. The maximum absolute atomic E-state index is 13.0. The van der Waals surface area contributed by atoms with Crippen LogP contribution in [0.2, 0.25) is 5.15 Å². The number of pyridine rings is 1. The van der Waals surface area contributed by atoms with E-state index in [1.165, 1.54) is 6.07 Å². The Labute approximate surface area is 149 Å². The topological polar surface area (TPSA) is 77.3 Å². The molecule has 2 aliphatic heterocycles.